The number of carbonyl (C=O) groups is 4. The fourth-order valence-corrected chi connectivity index (χ4v) is 2.49. The van der Waals surface area contributed by atoms with Gasteiger partial charge in [-0.1, -0.05) is 0 Å². The molecule has 11 nitrogen and oxygen atoms in total. The maximum Gasteiger partial charge on any atom is 0.303 e. The normalized spacial score (nSPS) is 27.4. The van der Waals surface area contributed by atoms with Crippen molar-refractivity contribution in [3.8, 4) is 0 Å². The van der Waals surface area contributed by atoms with Crippen molar-refractivity contribution in [3.63, 3.8) is 0 Å². The summed E-state index contributed by atoms with van der Waals surface area (Å²) in [5.41, 5.74) is 0. The zero-order valence-electron chi connectivity index (χ0n) is 15.5. The van der Waals surface area contributed by atoms with E-state index in [9.17, 15) is 19.2 Å². The Hall–Kier alpha value is -2.24. The molecular formula is C16H24O11. The largest absolute Gasteiger partial charge is 0.463 e. The SMILES string of the molecule is CC(=O)OC[C@H]1OC(OCCO)[C@@H](OC(C)=O)[C@@H](OC(C)=O)[C@@H]1OC(C)=O. The van der Waals surface area contributed by atoms with Crippen LogP contribution in [0.1, 0.15) is 27.7 Å². The maximum atomic E-state index is 11.6. The minimum Gasteiger partial charge on any atom is -0.463 e. The number of aliphatic hydroxyl groups is 1. The minimum atomic E-state index is -1.28. The van der Waals surface area contributed by atoms with Gasteiger partial charge < -0.3 is 33.5 Å². The molecule has 1 aliphatic rings. The first kappa shape index (κ1) is 22.8. The van der Waals surface area contributed by atoms with Gasteiger partial charge in [-0.05, 0) is 0 Å². The van der Waals surface area contributed by atoms with Crippen LogP contribution in [0.4, 0.5) is 0 Å². The second-order valence-corrected chi connectivity index (χ2v) is 5.66. The van der Waals surface area contributed by atoms with Gasteiger partial charge in [0.05, 0.1) is 13.2 Å². The van der Waals surface area contributed by atoms with Crippen molar-refractivity contribution in [1.82, 2.24) is 0 Å². The van der Waals surface area contributed by atoms with Gasteiger partial charge in [0.25, 0.3) is 0 Å². The Balaban J connectivity index is 3.22. The molecule has 0 aliphatic carbocycles. The van der Waals surface area contributed by atoms with Crippen LogP contribution in [0.5, 0.6) is 0 Å². The van der Waals surface area contributed by atoms with Crippen molar-refractivity contribution in [1.29, 1.82) is 0 Å². The number of ether oxygens (including phenoxy) is 6. The van der Waals surface area contributed by atoms with Crippen molar-refractivity contribution in [2.45, 2.75) is 58.4 Å². The highest BCUT2D eigenvalue weighted by Gasteiger charge is 2.52. The zero-order chi connectivity index (χ0) is 20.6. The summed E-state index contributed by atoms with van der Waals surface area (Å²) in [4.78, 5) is 45.7. The Bertz CT molecular complexity index is 546. The lowest BCUT2D eigenvalue weighted by Crippen LogP contribution is -2.63. The number of rotatable bonds is 8. The molecule has 0 aromatic carbocycles. The van der Waals surface area contributed by atoms with Crippen LogP contribution in [0, 0.1) is 0 Å². The topological polar surface area (TPSA) is 144 Å². The summed E-state index contributed by atoms with van der Waals surface area (Å²) in [5, 5.41) is 8.98. The van der Waals surface area contributed by atoms with Gasteiger partial charge in [0, 0.05) is 27.7 Å². The molecular weight excluding hydrogens is 368 g/mol. The van der Waals surface area contributed by atoms with E-state index in [-0.39, 0.29) is 19.8 Å². The molecule has 0 aromatic rings. The van der Waals surface area contributed by atoms with Crippen molar-refractivity contribution < 1.29 is 52.7 Å². The molecule has 0 spiro atoms. The van der Waals surface area contributed by atoms with E-state index >= 15 is 0 Å². The molecule has 1 unspecified atom stereocenters. The third-order valence-corrected chi connectivity index (χ3v) is 3.32. The summed E-state index contributed by atoms with van der Waals surface area (Å²) in [5.74, 6) is -2.79. The molecule has 0 aromatic heterocycles. The van der Waals surface area contributed by atoms with Crippen LogP contribution < -0.4 is 0 Å². The van der Waals surface area contributed by atoms with Crippen LogP contribution >= 0.6 is 0 Å². The first-order valence-electron chi connectivity index (χ1n) is 8.18. The van der Waals surface area contributed by atoms with Crippen LogP contribution in [-0.4, -0.2) is 79.5 Å². The molecule has 1 aliphatic heterocycles. The fraction of sp³-hybridized carbons (Fsp3) is 0.750. The molecule has 5 atom stereocenters. The molecule has 27 heavy (non-hydrogen) atoms. The lowest BCUT2D eigenvalue weighted by atomic mass is 9.98. The molecule has 11 heteroatoms. The first-order chi connectivity index (χ1) is 12.6. The molecule has 1 saturated heterocycles. The molecule has 1 N–H and O–H groups in total. The number of aliphatic hydroxyl groups excluding tert-OH is 1. The molecule has 1 fully saturated rings. The maximum absolute atomic E-state index is 11.6. The molecule has 0 amide bonds. The van der Waals surface area contributed by atoms with E-state index in [1.54, 1.807) is 0 Å². The standard InChI is InChI=1S/C16H24O11/c1-8(18)23-7-12-13(24-9(2)19)14(25-10(3)20)15(26-11(4)21)16(27-12)22-6-5-17/h12-17H,5-7H2,1-4H3/t12-,13-,14+,15+,16?/m1/s1. The molecule has 1 rings (SSSR count). The van der Waals surface area contributed by atoms with Crippen LogP contribution in [-0.2, 0) is 47.6 Å². The van der Waals surface area contributed by atoms with E-state index in [2.05, 4.69) is 0 Å². The van der Waals surface area contributed by atoms with Crippen LogP contribution in [0.15, 0.2) is 0 Å². The molecule has 1 heterocycles. The van der Waals surface area contributed by atoms with Gasteiger partial charge >= 0.3 is 23.9 Å². The lowest BCUT2D eigenvalue weighted by molar-refractivity contribution is -0.308. The third kappa shape index (κ3) is 7.49. The van der Waals surface area contributed by atoms with E-state index < -0.39 is 54.6 Å². The Morgan fingerprint density at radius 1 is 0.815 bits per heavy atom. The van der Waals surface area contributed by atoms with Gasteiger partial charge in [0.15, 0.2) is 24.6 Å². The Labute approximate surface area is 155 Å². The van der Waals surface area contributed by atoms with Crippen molar-refractivity contribution in [2.24, 2.45) is 0 Å². The summed E-state index contributed by atoms with van der Waals surface area (Å²) < 4.78 is 31.4. The Kier molecular flexibility index (Phi) is 9.12. The van der Waals surface area contributed by atoms with E-state index in [0.29, 0.717) is 0 Å². The van der Waals surface area contributed by atoms with Gasteiger partial charge in [0.2, 0.25) is 0 Å². The zero-order valence-corrected chi connectivity index (χ0v) is 15.5. The summed E-state index contributed by atoms with van der Waals surface area (Å²) in [7, 11) is 0. The summed E-state index contributed by atoms with van der Waals surface area (Å²) >= 11 is 0. The van der Waals surface area contributed by atoms with Crippen LogP contribution in [0.25, 0.3) is 0 Å². The molecule has 0 saturated carbocycles. The smallest absolute Gasteiger partial charge is 0.303 e. The fourth-order valence-electron chi connectivity index (χ4n) is 2.49. The second kappa shape index (κ2) is 10.8. The average molecular weight is 392 g/mol. The van der Waals surface area contributed by atoms with E-state index in [1.165, 1.54) is 6.92 Å². The highest BCUT2D eigenvalue weighted by atomic mass is 16.7. The van der Waals surface area contributed by atoms with Gasteiger partial charge in [-0.15, -0.1) is 0 Å². The number of hydrogen-bond donors (Lipinski definition) is 1. The quantitative estimate of drug-likeness (QED) is 0.404. The van der Waals surface area contributed by atoms with Gasteiger partial charge in [-0.2, -0.15) is 0 Å². The second-order valence-electron chi connectivity index (χ2n) is 5.66. The van der Waals surface area contributed by atoms with Crippen molar-refractivity contribution >= 4 is 23.9 Å². The molecule has 0 bridgehead atoms. The number of carbonyl (C=O) groups excluding carboxylic acids is 4. The predicted octanol–water partition coefficient (Wildman–Crippen LogP) is -0.922. The summed E-state index contributed by atoms with van der Waals surface area (Å²) in [6.07, 6.45) is -6.14. The monoisotopic (exact) mass is 392 g/mol. The Morgan fingerprint density at radius 3 is 1.81 bits per heavy atom. The lowest BCUT2D eigenvalue weighted by Gasteiger charge is -2.43. The van der Waals surface area contributed by atoms with E-state index in [4.69, 9.17) is 33.5 Å². The number of hydrogen-bond acceptors (Lipinski definition) is 11. The first-order valence-corrected chi connectivity index (χ1v) is 8.18. The van der Waals surface area contributed by atoms with E-state index in [0.717, 1.165) is 20.8 Å². The summed E-state index contributed by atoms with van der Waals surface area (Å²) in [6, 6.07) is 0. The van der Waals surface area contributed by atoms with Crippen molar-refractivity contribution in [3.05, 3.63) is 0 Å². The van der Waals surface area contributed by atoms with Gasteiger partial charge in [-0.3, -0.25) is 19.2 Å². The third-order valence-electron chi connectivity index (χ3n) is 3.32. The predicted molar refractivity (Wildman–Crippen MR) is 85.0 cm³/mol. The number of esters is 4. The van der Waals surface area contributed by atoms with Crippen molar-refractivity contribution in [2.75, 3.05) is 19.8 Å². The Morgan fingerprint density at radius 2 is 1.33 bits per heavy atom. The summed E-state index contributed by atoms with van der Waals surface area (Å²) in [6.45, 7) is 3.68. The van der Waals surface area contributed by atoms with Crippen LogP contribution in [0.3, 0.4) is 0 Å². The minimum absolute atomic E-state index is 0.173. The van der Waals surface area contributed by atoms with E-state index in [1.807, 2.05) is 0 Å². The van der Waals surface area contributed by atoms with Gasteiger partial charge in [0.1, 0.15) is 12.7 Å². The highest BCUT2D eigenvalue weighted by Crippen LogP contribution is 2.29. The average Bonchev–Trinajstić information content (AvgIpc) is 2.54. The van der Waals surface area contributed by atoms with Gasteiger partial charge in [-0.25, -0.2) is 0 Å². The molecule has 0 radical (unpaired) electrons. The van der Waals surface area contributed by atoms with Crippen LogP contribution in [0.2, 0.25) is 0 Å². The highest BCUT2D eigenvalue weighted by molar-refractivity contribution is 5.68. The molecule has 154 valence electrons.